The minimum Gasteiger partial charge on any atom is -0.462 e. The maximum atomic E-state index is 14.0. The lowest BCUT2D eigenvalue weighted by molar-refractivity contribution is -0.178. The Bertz CT molecular complexity index is 1320. The molecule has 0 spiro atoms. The third-order valence-electron chi connectivity index (χ3n) is 11.8. The van der Waals surface area contributed by atoms with E-state index in [1.807, 2.05) is 0 Å². The van der Waals surface area contributed by atoms with Crippen LogP contribution in [0.3, 0.4) is 0 Å². The van der Waals surface area contributed by atoms with Crippen molar-refractivity contribution in [3.05, 3.63) is 83.9 Å². The largest absolute Gasteiger partial charge is 0.462 e. The molecule has 0 amide bonds. The molecule has 4 aliphatic rings. The van der Waals surface area contributed by atoms with Crippen molar-refractivity contribution < 1.29 is 19.1 Å². The summed E-state index contributed by atoms with van der Waals surface area (Å²) in [5.41, 5.74) is 1.92. The Hall–Kier alpha value is -2.96. The molecule has 6 rings (SSSR count). The molecule has 1 saturated carbocycles. The first kappa shape index (κ1) is 33.9. The number of hydrogen-bond donors (Lipinski definition) is 0. The first-order valence-electron chi connectivity index (χ1n) is 17.8. The molecule has 4 unspecified atom stereocenters. The summed E-state index contributed by atoms with van der Waals surface area (Å²) in [6.07, 6.45) is 7.71. The van der Waals surface area contributed by atoms with E-state index in [0.717, 1.165) is 45.2 Å². The van der Waals surface area contributed by atoms with Crippen LogP contribution in [-0.4, -0.2) is 56.1 Å². The number of hydrogen-bond acceptors (Lipinski definition) is 6. The van der Waals surface area contributed by atoms with Crippen molar-refractivity contribution in [1.82, 2.24) is 9.80 Å². The van der Waals surface area contributed by atoms with Crippen molar-refractivity contribution in [2.75, 3.05) is 0 Å². The third-order valence-corrected chi connectivity index (χ3v) is 11.8. The number of carbonyl (C=O) groups is 2. The molecular weight excluding hydrogens is 584 g/mol. The smallest absolute Gasteiger partial charge is 0.310 e. The molecule has 47 heavy (non-hydrogen) atoms. The summed E-state index contributed by atoms with van der Waals surface area (Å²) in [6, 6.07) is 21.2. The van der Waals surface area contributed by atoms with Crippen LogP contribution in [0.1, 0.15) is 98.6 Å². The van der Waals surface area contributed by atoms with Gasteiger partial charge in [0.25, 0.3) is 0 Å². The van der Waals surface area contributed by atoms with Crippen LogP contribution in [0.2, 0.25) is 0 Å². The Morgan fingerprint density at radius 1 is 0.574 bits per heavy atom. The van der Waals surface area contributed by atoms with Crippen LogP contribution in [0.25, 0.3) is 0 Å². The van der Waals surface area contributed by atoms with Crippen LogP contribution in [0.4, 0.5) is 0 Å². The molecular formula is C41H56N2O4. The lowest BCUT2D eigenvalue weighted by atomic mass is 9.77. The second-order valence-electron chi connectivity index (χ2n) is 17.3. The molecule has 6 heteroatoms. The molecule has 3 fully saturated rings. The number of esters is 2. The van der Waals surface area contributed by atoms with E-state index in [-0.39, 0.29) is 58.1 Å². The number of fused-ring (bicyclic) bond motifs is 2. The molecule has 2 saturated heterocycles. The van der Waals surface area contributed by atoms with Crippen LogP contribution in [0.5, 0.6) is 0 Å². The molecule has 254 valence electrons. The normalized spacial score (nSPS) is 29.9. The Morgan fingerprint density at radius 3 is 1.21 bits per heavy atom. The van der Waals surface area contributed by atoms with Gasteiger partial charge in [0.15, 0.2) is 0 Å². The highest BCUT2D eigenvalue weighted by molar-refractivity contribution is 5.84. The average Bonchev–Trinajstić information content (AvgIpc) is 3.60. The predicted octanol–water partition coefficient (Wildman–Crippen LogP) is 7.95. The first-order valence-corrected chi connectivity index (χ1v) is 17.8. The number of allylic oxidation sites excluding steroid dienone is 2. The number of piperidine rings is 2. The van der Waals surface area contributed by atoms with Crippen molar-refractivity contribution in [3.8, 4) is 0 Å². The van der Waals surface area contributed by atoms with Gasteiger partial charge in [0, 0.05) is 60.9 Å². The SMILES string of the molecule is CC1(C)CC(OC(=O)C2C3C=CC(C3)C2C(=O)OC2CC(C)(C)N(Cc3ccccc3)C(C)(C)C2)CC(C)(C)N1Cc1ccccc1. The molecule has 2 bridgehead atoms. The average molecular weight is 641 g/mol. The number of nitrogens with zero attached hydrogens (tertiary/aromatic N) is 2. The fraction of sp³-hybridized carbons (Fsp3) is 0.610. The van der Waals surface area contributed by atoms with E-state index in [1.165, 1.54) is 11.1 Å². The molecule has 0 N–H and O–H groups in total. The molecule has 0 aromatic heterocycles. The number of carbonyl (C=O) groups excluding carboxylic acids is 2. The van der Waals surface area contributed by atoms with Crippen LogP contribution in [0, 0.1) is 23.7 Å². The van der Waals surface area contributed by atoms with Crippen LogP contribution in [0.15, 0.2) is 72.8 Å². The molecule has 2 aromatic carbocycles. The highest BCUT2D eigenvalue weighted by Crippen LogP contribution is 2.51. The summed E-state index contributed by atoms with van der Waals surface area (Å²) >= 11 is 0. The van der Waals surface area contributed by atoms with Crippen LogP contribution >= 0.6 is 0 Å². The van der Waals surface area contributed by atoms with E-state index in [1.54, 1.807) is 0 Å². The molecule has 2 heterocycles. The van der Waals surface area contributed by atoms with E-state index >= 15 is 0 Å². The van der Waals surface area contributed by atoms with E-state index in [4.69, 9.17) is 9.47 Å². The second kappa shape index (κ2) is 12.5. The monoisotopic (exact) mass is 640 g/mol. The summed E-state index contributed by atoms with van der Waals surface area (Å²) in [4.78, 5) is 33.2. The standard InChI is InChI=1S/C41H56N2O4/c1-38(2)22-32(23-39(3,4)42(38)26-28-15-11-9-12-16-28)46-36(44)34-30-19-20-31(21-30)35(34)37(45)47-33-24-40(5,6)43(41(7,8)25-33)27-29-17-13-10-14-18-29/h9-20,30-35H,21-27H2,1-8H3. The fourth-order valence-electron chi connectivity index (χ4n) is 9.96. The Morgan fingerprint density at radius 2 is 0.894 bits per heavy atom. The van der Waals surface area contributed by atoms with Gasteiger partial charge in [-0.25, -0.2) is 0 Å². The second-order valence-corrected chi connectivity index (χ2v) is 17.3. The van der Waals surface area contributed by atoms with Crippen LogP contribution < -0.4 is 0 Å². The number of ether oxygens (including phenoxy) is 2. The van der Waals surface area contributed by atoms with Crippen molar-refractivity contribution in [1.29, 1.82) is 0 Å². The van der Waals surface area contributed by atoms with Gasteiger partial charge >= 0.3 is 11.9 Å². The summed E-state index contributed by atoms with van der Waals surface area (Å²) < 4.78 is 12.8. The summed E-state index contributed by atoms with van der Waals surface area (Å²) in [7, 11) is 0. The van der Waals surface area contributed by atoms with E-state index < -0.39 is 11.8 Å². The van der Waals surface area contributed by atoms with Gasteiger partial charge in [-0.2, -0.15) is 0 Å². The highest BCUT2D eigenvalue weighted by Gasteiger charge is 2.55. The lowest BCUT2D eigenvalue weighted by Crippen LogP contribution is -2.62. The summed E-state index contributed by atoms with van der Waals surface area (Å²) in [6.45, 7) is 19.8. The van der Waals surface area contributed by atoms with Crippen molar-refractivity contribution in [3.63, 3.8) is 0 Å². The molecule has 2 aliphatic heterocycles. The molecule has 2 aliphatic carbocycles. The topological polar surface area (TPSA) is 59.1 Å². The van der Waals surface area contributed by atoms with Gasteiger partial charge in [0.05, 0.1) is 11.8 Å². The van der Waals surface area contributed by atoms with Gasteiger partial charge < -0.3 is 9.47 Å². The first-order chi connectivity index (χ1) is 22.1. The van der Waals surface area contributed by atoms with Gasteiger partial charge in [0.1, 0.15) is 12.2 Å². The van der Waals surface area contributed by atoms with Gasteiger partial charge in [0.2, 0.25) is 0 Å². The maximum absolute atomic E-state index is 14.0. The molecule has 4 atom stereocenters. The zero-order chi connectivity index (χ0) is 33.8. The van der Waals surface area contributed by atoms with E-state index in [2.05, 4.69) is 138 Å². The third kappa shape index (κ3) is 6.96. The zero-order valence-electron chi connectivity index (χ0n) is 29.9. The van der Waals surface area contributed by atoms with Gasteiger partial charge in [-0.3, -0.25) is 19.4 Å². The Labute approximate surface area is 282 Å². The van der Waals surface area contributed by atoms with Crippen molar-refractivity contribution in [2.24, 2.45) is 23.7 Å². The minimum absolute atomic E-state index is 0.0323. The highest BCUT2D eigenvalue weighted by atomic mass is 16.6. The van der Waals surface area contributed by atoms with Gasteiger partial charge in [-0.05, 0) is 84.8 Å². The van der Waals surface area contributed by atoms with E-state index in [9.17, 15) is 9.59 Å². The summed E-state index contributed by atoms with van der Waals surface area (Å²) in [5.74, 6) is -1.35. The lowest BCUT2D eigenvalue weighted by Gasteiger charge is -2.55. The molecule has 6 nitrogen and oxygen atoms in total. The maximum Gasteiger partial charge on any atom is 0.310 e. The van der Waals surface area contributed by atoms with Crippen molar-refractivity contribution in [2.45, 2.75) is 135 Å². The fourth-order valence-corrected chi connectivity index (χ4v) is 9.96. The molecule has 0 radical (unpaired) electrons. The Kier molecular flexibility index (Phi) is 9.01. The summed E-state index contributed by atoms with van der Waals surface area (Å²) in [5, 5.41) is 0. The van der Waals surface area contributed by atoms with Crippen LogP contribution in [-0.2, 0) is 32.2 Å². The number of likely N-dealkylation sites (tertiary alicyclic amines) is 2. The quantitative estimate of drug-likeness (QED) is 0.216. The minimum atomic E-state index is -0.481. The van der Waals surface area contributed by atoms with Crippen molar-refractivity contribution >= 4 is 11.9 Å². The zero-order valence-corrected chi connectivity index (χ0v) is 29.9. The number of benzene rings is 2. The van der Waals surface area contributed by atoms with Gasteiger partial charge in [-0.1, -0.05) is 72.8 Å². The Balaban J connectivity index is 1.12. The molecule has 2 aromatic rings. The van der Waals surface area contributed by atoms with E-state index in [0.29, 0.717) is 0 Å². The predicted molar refractivity (Wildman–Crippen MR) is 186 cm³/mol. The number of rotatable bonds is 8. The van der Waals surface area contributed by atoms with Gasteiger partial charge in [-0.15, -0.1) is 0 Å².